The predicted octanol–water partition coefficient (Wildman–Crippen LogP) is 5.55. The number of carboxylic acids is 1. The molecular formula is C27H31ClO6. The highest BCUT2D eigenvalue weighted by Gasteiger charge is 2.18. The molecule has 0 spiro atoms. The van der Waals surface area contributed by atoms with Gasteiger partial charge in [-0.25, -0.2) is 4.79 Å². The number of allylic oxidation sites excluding steroid dienone is 1. The van der Waals surface area contributed by atoms with E-state index < -0.39 is 12.1 Å². The lowest BCUT2D eigenvalue weighted by Crippen LogP contribution is -2.26. The van der Waals surface area contributed by atoms with Gasteiger partial charge < -0.3 is 24.1 Å². The standard InChI is InChI=1S/C27H31ClO6/c1-5-31-22-14-20(15-23(18-22)32-6-2)9-8-19(4)12-13-34-25-11-10-21(16-24(25)28)17-26(27(29)30)33-7-3/h10-12,14-16,18,26H,5-7,13,17H2,1-4H3,(H,29,30)/b19-12-/t26-/m0/s1. The number of benzene rings is 2. The fraction of sp³-hybridized carbons (Fsp3) is 0.370. The normalized spacial score (nSPS) is 11.9. The zero-order chi connectivity index (χ0) is 24.9. The van der Waals surface area contributed by atoms with Gasteiger partial charge in [0.15, 0.2) is 6.10 Å². The van der Waals surface area contributed by atoms with Crippen molar-refractivity contribution in [1.29, 1.82) is 0 Å². The fourth-order valence-electron chi connectivity index (χ4n) is 3.04. The van der Waals surface area contributed by atoms with Crippen molar-refractivity contribution >= 4 is 17.6 Å². The molecule has 0 aliphatic carbocycles. The van der Waals surface area contributed by atoms with Crippen LogP contribution in [0.2, 0.25) is 5.02 Å². The van der Waals surface area contributed by atoms with Gasteiger partial charge in [0.2, 0.25) is 0 Å². The molecule has 0 radical (unpaired) electrons. The fourth-order valence-corrected chi connectivity index (χ4v) is 3.30. The molecular weight excluding hydrogens is 456 g/mol. The SMILES string of the molecule is CCOc1cc(C#C/C(C)=C\COc2ccc(C[C@H](OCC)C(=O)O)cc2Cl)cc(OCC)c1. The first-order chi connectivity index (χ1) is 16.4. The van der Waals surface area contributed by atoms with Crippen molar-refractivity contribution in [2.24, 2.45) is 0 Å². The van der Waals surface area contributed by atoms with Gasteiger partial charge in [-0.05, 0) is 69.2 Å². The lowest BCUT2D eigenvalue weighted by Gasteiger charge is -2.13. The monoisotopic (exact) mass is 486 g/mol. The Morgan fingerprint density at radius 2 is 1.71 bits per heavy atom. The Bertz CT molecular complexity index is 1030. The van der Waals surface area contributed by atoms with E-state index in [4.69, 9.17) is 30.5 Å². The Morgan fingerprint density at radius 3 is 2.26 bits per heavy atom. The van der Waals surface area contributed by atoms with Crippen molar-refractivity contribution in [3.05, 3.63) is 64.2 Å². The molecule has 7 heteroatoms. The van der Waals surface area contributed by atoms with Gasteiger partial charge in [-0.15, -0.1) is 0 Å². The molecule has 0 amide bonds. The van der Waals surface area contributed by atoms with E-state index in [0.717, 1.165) is 28.2 Å². The van der Waals surface area contributed by atoms with Crippen molar-refractivity contribution in [1.82, 2.24) is 0 Å². The van der Waals surface area contributed by atoms with E-state index in [-0.39, 0.29) is 6.42 Å². The van der Waals surface area contributed by atoms with Crippen LogP contribution < -0.4 is 14.2 Å². The highest BCUT2D eigenvalue weighted by atomic mass is 35.5. The second kappa shape index (κ2) is 14.2. The Labute approximate surface area is 206 Å². The molecule has 0 aliphatic heterocycles. The lowest BCUT2D eigenvalue weighted by molar-refractivity contribution is -0.149. The van der Waals surface area contributed by atoms with Gasteiger partial charge in [0, 0.05) is 24.7 Å². The summed E-state index contributed by atoms with van der Waals surface area (Å²) in [6, 6.07) is 10.8. The summed E-state index contributed by atoms with van der Waals surface area (Å²) < 4.78 is 22.2. The minimum Gasteiger partial charge on any atom is -0.494 e. The van der Waals surface area contributed by atoms with Crippen LogP contribution >= 0.6 is 11.6 Å². The van der Waals surface area contributed by atoms with Crippen molar-refractivity contribution < 1.29 is 28.8 Å². The zero-order valence-electron chi connectivity index (χ0n) is 20.0. The molecule has 0 unspecified atom stereocenters. The van der Waals surface area contributed by atoms with Crippen LogP contribution in [-0.2, 0) is 16.0 Å². The minimum atomic E-state index is -1.00. The number of ether oxygens (including phenoxy) is 4. The number of halogens is 1. The van der Waals surface area contributed by atoms with Gasteiger partial charge in [0.05, 0.1) is 18.2 Å². The molecule has 1 N–H and O–H groups in total. The van der Waals surface area contributed by atoms with Gasteiger partial charge in [-0.2, -0.15) is 0 Å². The zero-order valence-corrected chi connectivity index (χ0v) is 20.8. The van der Waals surface area contributed by atoms with Gasteiger partial charge in [0.1, 0.15) is 23.9 Å². The second-order valence-electron chi connectivity index (χ2n) is 7.26. The summed E-state index contributed by atoms with van der Waals surface area (Å²) in [5, 5.41) is 9.65. The lowest BCUT2D eigenvalue weighted by atomic mass is 10.1. The van der Waals surface area contributed by atoms with Crippen molar-refractivity contribution in [3.8, 4) is 29.1 Å². The molecule has 34 heavy (non-hydrogen) atoms. The summed E-state index contributed by atoms with van der Waals surface area (Å²) in [7, 11) is 0. The average Bonchev–Trinajstić information content (AvgIpc) is 2.79. The molecule has 0 saturated heterocycles. The van der Waals surface area contributed by atoms with Crippen molar-refractivity contribution in [3.63, 3.8) is 0 Å². The molecule has 0 bridgehead atoms. The van der Waals surface area contributed by atoms with Crippen LogP contribution in [0.15, 0.2) is 48.0 Å². The average molecular weight is 487 g/mol. The van der Waals surface area contributed by atoms with E-state index in [1.54, 1.807) is 25.1 Å². The Kier molecular flexibility index (Phi) is 11.3. The first kappa shape index (κ1) is 27.1. The second-order valence-corrected chi connectivity index (χ2v) is 7.67. The Morgan fingerprint density at radius 1 is 1.03 bits per heavy atom. The van der Waals surface area contributed by atoms with Crippen LogP contribution in [0.25, 0.3) is 0 Å². The molecule has 0 saturated carbocycles. The Balaban J connectivity index is 2.01. The molecule has 182 valence electrons. The van der Waals surface area contributed by atoms with Crippen LogP contribution in [-0.4, -0.2) is 43.6 Å². The molecule has 0 aromatic heterocycles. The van der Waals surface area contributed by atoms with Crippen LogP contribution in [0.3, 0.4) is 0 Å². The third-order valence-electron chi connectivity index (χ3n) is 4.60. The van der Waals surface area contributed by atoms with Crippen molar-refractivity contribution in [2.45, 2.75) is 40.2 Å². The van der Waals surface area contributed by atoms with Gasteiger partial charge in [-0.1, -0.05) is 29.5 Å². The van der Waals surface area contributed by atoms with Crippen molar-refractivity contribution in [2.75, 3.05) is 26.4 Å². The number of hydrogen-bond donors (Lipinski definition) is 1. The molecule has 2 rings (SSSR count). The van der Waals surface area contributed by atoms with E-state index in [0.29, 0.717) is 37.2 Å². The topological polar surface area (TPSA) is 74.2 Å². The summed E-state index contributed by atoms with van der Waals surface area (Å²) in [6.45, 7) is 9.26. The van der Waals surface area contributed by atoms with Gasteiger partial charge in [-0.3, -0.25) is 0 Å². The van der Waals surface area contributed by atoms with Crippen LogP contribution in [0, 0.1) is 11.8 Å². The molecule has 0 fully saturated rings. The molecule has 0 aliphatic rings. The van der Waals surface area contributed by atoms with E-state index in [2.05, 4.69) is 11.8 Å². The first-order valence-corrected chi connectivity index (χ1v) is 11.6. The predicted molar refractivity (Wildman–Crippen MR) is 133 cm³/mol. The summed E-state index contributed by atoms with van der Waals surface area (Å²) in [4.78, 5) is 11.3. The number of hydrogen-bond acceptors (Lipinski definition) is 5. The third-order valence-corrected chi connectivity index (χ3v) is 4.89. The first-order valence-electron chi connectivity index (χ1n) is 11.2. The van der Waals surface area contributed by atoms with E-state index in [1.165, 1.54) is 0 Å². The maximum Gasteiger partial charge on any atom is 0.333 e. The highest BCUT2D eigenvalue weighted by Crippen LogP contribution is 2.26. The summed E-state index contributed by atoms with van der Waals surface area (Å²) in [5.74, 6) is 7.18. The molecule has 6 nitrogen and oxygen atoms in total. The van der Waals surface area contributed by atoms with Gasteiger partial charge >= 0.3 is 5.97 Å². The number of aliphatic carboxylic acids is 1. The maximum absolute atomic E-state index is 11.3. The van der Waals surface area contributed by atoms with Crippen LogP contribution in [0.1, 0.15) is 38.8 Å². The molecule has 1 atom stereocenters. The largest absolute Gasteiger partial charge is 0.494 e. The van der Waals surface area contributed by atoms with Crippen LogP contribution in [0.5, 0.6) is 17.2 Å². The Hall–Kier alpha value is -3.14. The van der Waals surface area contributed by atoms with Crippen LogP contribution in [0.4, 0.5) is 0 Å². The minimum absolute atomic E-state index is 0.229. The quantitative estimate of drug-likeness (QED) is 0.397. The third kappa shape index (κ3) is 9.01. The molecule has 2 aromatic rings. The molecule has 0 heterocycles. The summed E-state index contributed by atoms with van der Waals surface area (Å²) in [6.07, 6.45) is 1.19. The smallest absolute Gasteiger partial charge is 0.333 e. The number of rotatable bonds is 12. The highest BCUT2D eigenvalue weighted by molar-refractivity contribution is 6.32. The number of carbonyl (C=O) groups is 1. The summed E-state index contributed by atoms with van der Waals surface area (Å²) in [5.41, 5.74) is 2.40. The summed E-state index contributed by atoms with van der Waals surface area (Å²) >= 11 is 6.32. The number of carboxylic acid groups (broad SMARTS) is 1. The van der Waals surface area contributed by atoms with E-state index in [9.17, 15) is 9.90 Å². The van der Waals surface area contributed by atoms with E-state index >= 15 is 0 Å². The van der Waals surface area contributed by atoms with E-state index in [1.807, 2.05) is 45.0 Å². The van der Waals surface area contributed by atoms with Gasteiger partial charge in [0.25, 0.3) is 0 Å². The maximum atomic E-state index is 11.3. The molecule has 2 aromatic carbocycles.